The number of esters is 2. The number of aliphatic hydroxyl groups is 2. The van der Waals surface area contributed by atoms with E-state index in [9.17, 15) is 19.2 Å². The van der Waals surface area contributed by atoms with Gasteiger partial charge in [0.2, 0.25) is 0 Å². The molecule has 0 spiro atoms. The Hall–Kier alpha value is -0.917. The van der Waals surface area contributed by atoms with Crippen LogP contribution in [-0.4, -0.2) is 61.2 Å². The largest absolute Gasteiger partial charge is 2.00 e. The number of hydrogen-bond donors (Lipinski definition) is 2. The first-order chi connectivity index (χ1) is 15.7. The maximum Gasteiger partial charge on any atom is 2.00 e. The quantitative estimate of drug-likeness (QED) is 0.198. The average molecular weight is 582 g/mol. The molecule has 8 nitrogen and oxygen atoms in total. The van der Waals surface area contributed by atoms with Crippen molar-refractivity contribution in [2.45, 2.75) is 92.9 Å². The second-order valence-electron chi connectivity index (χ2n) is 8.77. The predicted molar refractivity (Wildman–Crippen MR) is 135 cm³/mol. The van der Waals surface area contributed by atoms with Gasteiger partial charge in [-0.3, -0.25) is 19.2 Å². The number of rotatable bonds is 12. The summed E-state index contributed by atoms with van der Waals surface area (Å²) in [6, 6.07) is 0. The van der Waals surface area contributed by atoms with Crippen molar-refractivity contribution in [1.29, 1.82) is 0 Å². The van der Waals surface area contributed by atoms with Crippen molar-refractivity contribution >= 4 is 23.5 Å². The normalized spacial score (nSPS) is 9.94. The molecule has 0 saturated heterocycles. The fourth-order valence-corrected chi connectivity index (χ4v) is 1.48. The predicted octanol–water partition coefficient (Wildman–Crippen LogP) is 4.29. The van der Waals surface area contributed by atoms with Crippen LogP contribution in [-0.2, 0) is 54.9 Å². The number of carbonyl (C=O) groups is 4. The number of Topliss-reactive ketones (excluding diaryl/α,β-unsaturated/α-hetero) is 2. The van der Waals surface area contributed by atoms with Crippen LogP contribution in [0, 0.1) is 24.7 Å². The van der Waals surface area contributed by atoms with Crippen LogP contribution in [0.25, 0.3) is 0 Å². The van der Waals surface area contributed by atoms with E-state index in [0.717, 1.165) is 25.7 Å². The Labute approximate surface area is 233 Å². The summed E-state index contributed by atoms with van der Waals surface area (Å²) in [4.78, 5) is 44.1. The van der Waals surface area contributed by atoms with Gasteiger partial charge in [-0.25, -0.2) is 0 Å². The zero-order chi connectivity index (χ0) is 27.8. The van der Waals surface area contributed by atoms with Crippen LogP contribution >= 0.6 is 0 Å². The summed E-state index contributed by atoms with van der Waals surface area (Å²) >= 11 is 0. The minimum atomic E-state index is -0.520. The number of carbonyl (C=O) groups excluding carboxylic acids is 4. The van der Waals surface area contributed by atoms with Crippen LogP contribution in [0.4, 0.5) is 0 Å². The van der Waals surface area contributed by atoms with E-state index >= 15 is 0 Å². The molecule has 35 heavy (non-hydrogen) atoms. The van der Waals surface area contributed by atoms with Crippen molar-refractivity contribution in [3.63, 3.8) is 0 Å². The Balaban J connectivity index is -0.000000122. The first-order valence-electron chi connectivity index (χ1n) is 11.7. The van der Waals surface area contributed by atoms with E-state index in [2.05, 4.69) is 37.2 Å². The summed E-state index contributed by atoms with van der Waals surface area (Å²) in [5.74, 6) is -1.21. The molecule has 0 rings (SSSR count). The third kappa shape index (κ3) is 29.2. The average Bonchev–Trinajstić information content (AvgIpc) is 2.80. The van der Waals surface area contributed by atoms with Gasteiger partial charge < -0.3 is 33.5 Å². The Bertz CT molecular complexity index is 493. The Morgan fingerprint density at radius 2 is 0.943 bits per heavy atom. The molecule has 0 aliphatic rings. The van der Waals surface area contributed by atoms with Crippen molar-refractivity contribution in [3.05, 3.63) is 13.8 Å². The number of hydrogen-bond acceptors (Lipinski definition) is 8. The van der Waals surface area contributed by atoms with Crippen LogP contribution in [0.15, 0.2) is 0 Å². The maximum atomic E-state index is 11.3. The topological polar surface area (TPSA) is 127 Å². The van der Waals surface area contributed by atoms with E-state index in [0.29, 0.717) is 26.1 Å². The molecule has 0 amide bonds. The minimum absolute atomic E-state index is 0. The van der Waals surface area contributed by atoms with Gasteiger partial charge in [-0.1, -0.05) is 54.4 Å². The molecular formula is C26H50O8Zr. The molecule has 206 valence electrons. The molecule has 0 atom stereocenters. The van der Waals surface area contributed by atoms with Gasteiger partial charge in [0.1, 0.15) is 24.4 Å². The Kier molecular flexibility index (Phi) is 34.9. The molecular weight excluding hydrogens is 532 g/mol. The van der Waals surface area contributed by atoms with E-state index in [-0.39, 0.29) is 50.6 Å². The van der Waals surface area contributed by atoms with Crippen LogP contribution in [0.1, 0.15) is 92.9 Å². The van der Waals surface area contributed by atoms with Gasteiger partial charge in [0.05, 0.1) is 14.2 Å². The van der Waals surface area contributed by atoms with Crippen molar-refractivity contribution in [3.8, 4) is 0 Å². The summed E-state index contributed by atoms with van der Waals surface area (Å²) in [7, 11) is 2.54. The van der Waals surface area contributed by atoms with Gasteiger partial charge in [0.25, 0.3) is 0 Å². The monoisotopic (exact) mass is 580 g/mol. The molecule has 0 saturated carbocycles. The smallest absolute Gasteiger partial charge is 0.469 e. The molecule has 0 aliphatic heterocycles. The number of methoxy groups -OCH3 is 2. The molecule has 2 N–H and O–H groups in total. The molecule has 0 aromatic rings. The fraction of sp³-hybridized carbons (Fsp3) is 0.769. The van der Waals surface area contributed by atoms with Gasteiger partial charge in [0.15, 0.2) is 0 Å². The first kappa shape index (κ1) is 44.1. The zero-order valence-electron chi connectivity index (χ0n) is 23.3. The molecule has 9 heteroatoms. The summed E-state index contributed by atoms with van der Waals surface area (Å²) in [6.45, 7) is 19.1. The SMILES string of the molecule is CCCCO.CCCCO.[CH2-]CC(C)(C)C(=O)CC(=O)OC.[CH2-]CC(C)(C)C(=O)CC(=O)OC.[Zr+2]. The molecule has 0 radical (unpaired) electrons. The van der Waals surface area contributed by atoms with Crippen molar-refractivity contribution in [2.24, 2.45) is 10.8 Å². The summed E-state index contributed by atoms with van der Waals surface area (Å²) in [5.41, 5.74) is -1.04. The van der Waals surface area contributed by atoms with Crippen LogP contribution in [0.3, 0.4) is 0 Å². The number of ketones is 2. The van der Waals surface area contributed by atoms with Crippen LogP contribution in [0.5, 0.6) is 0 Å². The van der Waals surface area contributed by atoms with E-state index in [1.54, 1.807) is 27.7 Å². The number of unbranched alkanes of at least 4 members (excludes halogenated alkanes) is 2. The molecule has 0 aromatic carbocycles. The van der Waals surface area contributed by atoms with Crippen molar-refractivity contribution < 1.29 is 65.1 Å². The molecule has 0 aromatic heterocycles. The third-order valence-electron chi connectivity index (χ3n) is 4.85. The maximum absolute atomic E-state index is 11.3. The van der Waals surface area contributed by atoms with Gasteiger partial charge >= 0.3 is 38.1 Å². The zero-order valence-corrected chi connectivity index (χ0v) is 25.8. The fourth-order valence-electron chi connectivity index (χ4n) is 1.48. The van der Waals surface area contributed by atoms with Gasteiger partial charge in [-0.15, -0.1) is 0 Å². The van der Waals surface area contributed by atoms with Crippen LogP contribution < -0.4 is 0 Å². The molecule has 0 aliphatic carbocycles. The Morgan fingerprint density at radius 3 is 1.06 bits per heavy atom. The Morgan fingerprint density at radius 1 is 0.686 bits per heavy atom. The summed E-state index contributed by atoms with van der Waals surface area (Å²) in [5, 5.41) is 16.1. The standard InChI is InChI=1S/2C9H15O3.2C4H10O.Zr/c2*1-5-9(2,3)7(10)6-8(11)12-4;2*1-2-3-4-5;/h2*1,5-6H2,2-4H3;2*5H,2-4H2,1H3;/q2*-1;;;+2. The van der Waals surface area contributed by atoms with E-state index in [4.69, 9.17) is 10.2 Å². The van der Waals surface area contributed by atoms with Gasteiger partial charge in [-0.05, 0) is 23.7 Å². The van der Waals surface area contributed by atoms with Gasteiger partial charge in [0, 0.05) is 13.2 Å². The van der Waals surface area contributed by atoms with E-state index in [1.807, 2.05) is 0 Å². The third-order valence-corrected chi connectivity index (χ3v) is 4.85. The summed E-state index contributed by atoms with van der Waals surface area (Å²) < 4.78 is 8.76. The van der Waals surface area contributed by atoms with Crippen LogP contribution in [0.2, 0.25) is 0 Å². The minimum Gasteiger partial charge on any atom is -0.469 e. The van der Waals surface area contributed by atoms with E-state index in [1.165, 1.54) is 14.2 Å². The molecule has 0 heterocycles. The second kappa shape index (κ2) is 27.7. The molecule has 0 bridgehead atoms. The number of aliphatic hydroxyl groups excluding tert-OH is 2. The molecule has 0 unspecified atom stereocenters. The van der Waals surface area contributed by atoms with Crippen molar-refractivity contribution in [2.75, 3.05) is 27.4 Å². The van der Waals surface area contributed by atoms with Gasteiger partial charge in [-0.2, -0.15) is 12.8 Å². The van der Waals surface area contributed by atoms with Crippen molar-refractivity contribution in [1.82, 2.24) is 0 Å². The second-order valence-corrected chi connectivity index (χ2v) is 8.77. The summed E-state index contributed by atoms with van der Waals surface area (Å²) in [6.07, 6.45) is 4.75. The molecule has 0 fully saturated rings. The number of ether oxygens (including phenoxy) is 2. The first-order valence-corrected chi connectivity index (χ1v) is 11.7. The van der Waals surface area contributed by atoms with E-state index < -0.39 is 22.8 Å².